The van der Waals surface area contributed by atoms with Gasteiger partial charge in [0.05, 0.1) is 0 Å². The monoisotopic (exact) mass is 250 g/mol. The van der Waals surface area contributed by atoms with Crippen LogP contribution in [0.15, 0.2) is 30.3 Å². The lowest BCUT2D eigenvalue weighted by Crippen LogP contribution is -2.36. The highest BCUT2D eigenvalue weighted by Crippen LogP contribution is 2.12. The first kappa shape index (κ1) is 14.7. The summed E-state index contributed by atoms with van der Waals surface area (Å²) in [4.78, 5) is 13.5. The van der Waals surface area contributed by atoms with Crippen LogP contribution >= 0.6 is 0 Å². The van der Waals surface area contributed by atoms with E-state index < -0.39 is 12.0 Å². The quantitative estimate of drug-likeness (QED) is 0.738. The third-order valence-electron chi connectivity index (χ3n) is 3.05. The van der Waals surface area contributed by atoms with Gasteiger partial charge in [-0.05, 0) is 18.7 Å². The molecule has 0 spiro atoms. The number of nitrogens with zero attached hydrogens (tertiary/aromatic N) is 1. The van der Waals surface area contributed by atoms with Gasteiger partial charge in [-0.15, -0.1) is 0 Å². The third kappa shape index (κ3) is 4.47. The standard InChI is InChI=1S/C14H22N2O2/c1-3-16(4-2)11-10-15-13(14(17)18)12-8-6-5-7-9-12/h5-9,13,15H,3-4,10-11H2,1-2H3,(H,17,18). The molecule has 0 aliphatic carbocycles. The zero-order valence-corrected chi connectivity index (χ0v) is 11.1. The van der Waals surface area contributed by atoms with Gasteiger partial charge in [-0.25, -0.2) is 0 Å². The van der Waals surface area contributed by atoms with Crippen molar-refractivity contribution in [3.63, 3.8) is 0 Å². The average Bonchev–Trinajstić information content (AvgIpc) is 2.39. The maximum atomic E-state index is 11.2. The van der Waals surface area contributed by atoms with E-state index in [-0.39, 0.29) is 0 Å². The zero-order valence-electron chi connectivity index (χ0n) is 11.1. The first-order valence-corrected chi connectivity index (χ1v) is 6.42. The van der Waals surface area contributed by atoms with Crippen molar-refractivity contribution in [3.05, 3.63) is 35.9 Å². The van der Waals surface area contributed by atoms with Crippen LogP contribution < -0.4 is 5.32 Å². The van der Waals surface area contributed by atoms with Crippen LogP contribution in [0.1, 0.15) is 25.5 Å². The van der Waals surface area contributed by atoms with Gasteiger partial charge in [-0.2, -0.15) is 0 Å². The van der Waals surface area contributed by atoms with E-state index >= 15 is 0 Å². The summed E-state index contributed by atoms with van der Waals surface area (Å²) in [6.45, 7) is 7.73. The molecule has 1 unspecified atom stereocenters. The fraction of sp³-hybridized carbons (Fsp3) is 0.500. The van der Waals surface area contributed by atoms with Crippen LogP contribution in [0.3, 0.4) is 0 Å². The van der Waals surface area contributed by atoms with Crippen molar-refractivity contribution in [2.75, 3.05) is 26.2 Å². The number of carboxylic acid groups (broad SMARTS) is 1. The molecule has 0 saturated heterocycles. The minimum Gasteiger partial charge on any atom is -0.480 e. The molecule has 0 aromatic heterocycles. The summed E-state index contributed by atoms with van der Waals surface area (Å²) >= 11 is 0. The van der Waals surface area contributed by atoms with E-state index in [4.69, 9.17) is 0 Å². The molecule has 2 N–H and O–H groups in total. The van der Waals surface area contributed by atoms with Gasteiger partial charge in [0.15, 0.2) is 0 Å². The van der Waals surface area contributed by atoms with Gasteiger partial charge in [-0.1, -0.05) is 44.2 Å². The van der Waals surface area contributed by atoms with Gasteiger partial charge in [-0.3, -0.25) is 10.1 Å². The normalized spacial score (nSPS) is 12.6. The predicted molar refractivity (Wildman–Crippen MR) is 72.6 cm³/mol. The molecule has 100 valence electrons. The summed E-state index contributed by atoms with van der Waals surface area (Å²) in [5, 5.41) is 12.3. The number of rotatable bonds is 8. The van der Waals surface area contributed by atoms with E-state index in [1.54, 1.807) is 0 Å². The Hall–Kier alpha value is -1.39. The molecule has 1 aromatic carbocycles. The molecule has 1 atom stereocenters. The van der Waals surface area contributed by atoms with Gasteiger partial charge >= 0.3 is 5.97 Å². The number of nitrogens with one attached hydrogen (secondary N) is 1. The minimum absolute atomic E-state index is 0.623. The summed E-state index contributed by atoms with van der Waals surface area (Å²) in [5.74, 6) is -0.833. The number of aliphatic carboxylic acids is 1. The molecular weight excluding hydrogens is 228 g/mol. The number of carbonyl (C=O) groups is 1. The summed E-state index contributed by atoms with van der Waals surface area (Å²) in [6.07, 6.45) is 0. The minimum atomic E-state index is -0.833. The van der Waals surface area contributed by atoms with Crippen molar-refractivity contribution >= 4 is 5.97 Å². The second kappa shape index (κ2) is 7.84. The molecule has 0 saturated carbocycles. The molecule has 0 bridgehead atoms. The van der Waals surface area contributed by atoms with Crippen LogP contribution in [0.5, 0.6) is 0 Å². The lowest BCUT2D eigenvalue weighted by atomic mass is 10.1. The second-order valence-corrected chi connectivity index (χ2v) is 4.16. The molecule has 0 heterocycles. The van der Waals surface area contributed by atoms with Gasteiger partial charge in [0.1, 0.15) is 6.04 Å². The van der Waals surface area contributed by atoms with Crippen LogP contribution in [0.4, 0.5) is 0 Å². The molecule has 0 radical (unpaired) electrons. The lowest BCUT2D eigenvalue weighted by Gasteiger charge is -2.20. The van der Waals surface area contributed by atoms with Crippen molar-refractivity contribution in [2.24, 2.45) is 0 Å². The van der Waals surface area contributed by atoms with Crippen molar-refractivity contribution < 1.29 is 9.90 Å². The molecule has 0 aliphatic rings. The van der Waals surface area contributed by atoms with E-state index in [1.165, 1.54) is 0 Å². The molecule has 4 nitrogen and oxygen atoms in total. The molecule has 1 rings (SSSR count). The van der Waals surface area contributed by atoms with Gasteiger partial charge < -0.3 is 10.0 Å². The van der Waals surface area contributed by atoms with Crippen LogP contribution in [-0.4, -0.2) is 42.2 Å². The first-order chi connectivity index (χ1) is 8.69. The number of likely N-dealkylation sites (N-methyl/N-ethyl adjacent to an activating group) is 1. The number of hydrogen-bond donors (Lipinski definition) is 2. The summed E-state index contributed by atoms with van der Waals surface area (Å²) in [7, 11) is 0. The van der Waals surface area contributed by atoms with E-state index in [2.05, 4.69) is 24.1 Å². The number of hydrogen-bond acceptors (Lipinski definition) is 3. The Morgan fingerprint density at radius 3 is 2.39 bits per heavy atom. The Bertz CT molecular complexity index is 350. The lowest BCUT2D eigenvalue weighted by molar-refractivity contribution is -0.139. The van der Waals surface area contributed by atoms with Gasteiger partial charge in [0.2, 0.25) is 0 Å². The molecular formula is C14H22N2O2. The van der Waals surface area contributed by atoms with Crippen molar-refractivity contribution in [3.8, 4) is 0 Å². The van der Waals surface area contributed by atoms with Crippen LogP contribution in [0, 0.1) is 0 Å². The molecule has 4 heteroatoms. The largest absolute Gasteiger partial charge is 0.480 e. The van der Waals surface area contributed by atoms with Crippen LogP contribution in [0.25, 0.3) is 0 Å². The Balaban J connectivity index is 2.52. The Labute approximate surface area is 109 Å². The molecule has 0 fully saturated rings. The maximum Gasteiger partial charge on any atom is 0.325 e. The zero-order chi connectivity index (χ0) is 13.4. The van der Waals surface area contributed by atoms with Crippen molar-refractivity contribution in [1.29, 1.82) is 0 Å². The van der Waals surface area contributed by atoms with E-state index in [9.17, 15) is 9.90 Å². The summed E-state index contributed by atoms with van der Waals surface area (Å²) in [6, 6.07) is 8.65. The van der Waals surface area contributed by atoms with Gasteiger partial charge in [0, 0.05) is 13.1 Å². The third-order valence-corrected chi connectivity index (χ3v) is 3.05. The summed E-state index contributed by atoms with van der Waals surface area (Å²) in [5.41, 5.74) is 0.796. The predicted octanol–water partition coefficient (Wildman–Crippen LogP) is 1.74. The average molecular weight is 250 g/mol. The highest BCUT2D eigenvalue weighted by Gasteiger charge is 2.18. The van der Waals surface area contributed by atoms with Crippen molar-refractivity contribution in [1.82, 2.24) is 10.2 Å². The Morgan fingerprint density at radius 1 is 1.28 bits per heavy atom. The Morgan fingerprint density at radius 2 is 1.89 bits per heavy atom. The highest BCUT2D eigenvalue weighted by molar-refractivity contribution is 5.75. The maximum absolute atomic E-state index is 11.2. The smallest absolute Gasteiger partial charge is 0.325 e. The van der Waals surface area contributed by atoms with E-state index in [0.29, 0.717) is 6.54 Å². The molecule has 18 heavy (non-hydrogen) atoms. The summed E-state index contributed by atoms with van der Waals surface area (Å²) < 4.78 is 0. The SMILES string of the molecule is CCN(CC)CCNC(C(=O)O)c1ccccc1. The fourth-order valence-electron chi connectivity index (χ4n) is 1.90. The van der Waals surface area contributed by atoms with Gasteiger partial charge in [0.25, 0.3) is 0 Å². The highest BCUT2D eigenvalue weighted by atomic mass is 16.4. The molecule has 0 aliphatic heterocycles. The molecule has 0 amide bonds. The van der Waals surface area contributed by atoms with E-state index in [1.807, 2.05) is 30.3 Å². The molecule has 1 aromatic rings. The first-order valence-electron chi connectivity index (χ1n) is 6.42. The van der Waals surface area contributed by atoms with Crippen molar-refractivity contribution in [2.45, 2.75) is 19.9 Å². The second-order valence-electron chi connectivity index (χ2n) is 4.16. The van der Waals surface area contributed by atoms with Crippen LogP contribution in [-0.2, 0) is 4.79 Å². The fourth-order valence-corrected chi connectivity index (χ4v) is 1.90. The van der Waals surface area contributed by atoms with E-state index in [0.717, 1.165) is 25.2 Å². The Kier molecular flexibility index (Phi) is 6.39. The van der Waals surface area contributed by atoms with Crippen LogP contribution in [0.2, 0.25) is 0 Å². The number of carboxylic acids is 1. The number of benzene rings is 1. The topological polar surface area (TPSA) is 52.6 Å².